The zero-order chi connectivity index (χ0) is 25.7. The highest BCUT2D eigenvalue weighted by molar-refractivity contribution is 7.86. The summed E-state index contributed by atoms with van der Waals surface area (Å²) in [5, 5.41) is 10.2. The molecule has 0 fully saturated rings. The Kier molecular flexibility index (Phi) is 11.7. The second-order valence-corrected chi connectivity index (χ2v) is 10.7. The van der Waals surface area contributed by atoms with Crippen molar-refractivity contribution in [3.63, 3.8) is 0 Å². The first-order valence-electron chi connectivity index (χ1n) is 12.8. The highest BCUT2D eigenvalue weighted by Crippen LogP contribution is 2.29. The largest absolute Gasteiger partial charge is 0.507 e. The summed E-state index contributed by atoms with van der Waals surface area (Å²) in [4.78, 5) is -0.198. The Morgan fingerprint density at radius 3 is 1.66 bits per heavy atom. The van der Waals surface area contributed by atoms with Gasteiger partial charge in [0, 0.05) is 16.3 Å². The van der Waals surface area contributed by atoms with Crippen LogP contribution in [0.15, 0.2) is 71.6 Å². The van der Waals surface area contributed by atoms with Crippen LogP contribution in [0.4, 0.5) is 0 Å². The summed E-state index contributed by atoms with van der Waals surface area (Å²) >= 11 is 0. The van der Waals surface area contributed by atoms with Crippen molar-refractivity contribution in [3.8, 4) is 5.75 Å². The quantitative estimate of drug-likeness (QED) is 0.204. The summed E-state index contributed by atoms with van der Waals surface area (Å²) in [6.45, 7) is 12.2. The zero-order valence-corrected chi connectivity index (χ0v) is 22.3. The predicted octanol–water partition coefficient (Wildman–Crippen LogP) is 7.20. The van der Waals surface area contributed by atoms with Gasteiger partial charge in [0.15, 0.2) is 0 Å². The lowest BCUT2D eigenvalue weighted by Crippen LogP contribution is -2.49. The summed E-state index contributed by atoms with van der Waals surface area (Å²) < 4.78 is 32.3. The van der Waals surface area contributed by atoms with Crippen LogP contribution in [-0.4, -0.2) is 42.2 Å². The minimum absolute atomic E-state index is 0.0157. The van der Waals surface area contributed by atoms with E-state index < -0.39 is 10.1 Å². The Balaban J connectivity index is 0.000000256. The van der Waals surface area contributed by atoms with Crippen LogP contribution < -0.4 is 0 Å². The first-order chi connectivity index (χ1) is 16.8. The third-order valence-electron chi connectivity index (χ3n) is 6.46. The molecule has 192 valence electrons. The van der Waals surface area contributed by atoms with E-state index >= 15 is 0 Å². The number of phenolic OH excluding ortho intramolecular Hbond substituents is 1. The first-order valence-corrected chi connectivity index (χ1v) is 14.3. The number of aromatic hydroxyl groups is 1. The van der Waals surface area contributed by atoms with Gasteiger partial charge in [0.1, 0.15) is 17.2 Å². The molecule has 0 bridgehead atoms. The molecule has 0 aliphatic rings. The topological polar surface area (TPSA) is 74.6 Å². The standard InChI is InChI=1S/C19H34N.C10H8O4S/c1-4-7-15-20(16-8-5-2,17-9-6-3)18-19-13-11-10-12-14-19;11-9-5-6-10(15(12,13)14)8-4-2-1-3-7(8)9/h10-14H,4-9,15-18H2,1-3H3;1-6,11H,(H,12,13,14)/q+1;. The van der Waals surface area contributed by atoms with E-state index in [1.54, 1.807) is 18.2 Å². The third-order valence-corrected chi connectivity index (χ3v) is 7.37. The number of phenols is 1. The van der Waals surface area contributed by atoms with E-state index in [4.69, 9.17) is 4.55 Å². The Bertz CT molecular complexity index is 1110. The van der Waals surface area contributed by atoms with Crippen LogP contribution in [-0.2, 0) is 16.7 Å². The highest BCUT2D eigenvalue weighted by Gasteiger charge is 2.26. The molecular formula is C29H42NO4S+. The molecule has 0 radical (unpaired) electrons. The molecule has 3 aromatic carbocycles. The van der Waals surface area contributed by atoms with E-state index in [-0.39, 0.29) is 10.6 Å². The average molecular weight is 501 g/mol. The maximum absolute atomic E-state index is 11.0. The molecule has 6 heteroatoms. The molecule has 0 heterocycles. The molecule has 2 N–H and O–H groups in total. The van der Waals surface area contributed by atoms with Gasteiger partial charge in [-0.15, -0.1) is 0 Å². The molecule has 5 nitrogen and oxygen atoms in total. The van der Waals surface area contributed by atoms with Crippen molar-refractivity contribution < 1.29 is 22.6 Å². The number of fused-ring (bicyclic) bond motifs is 1. The van der Waals surface area contributed by atoms with Crippen LogP contribution in [0.2, 0.25) is 0 Å². The molecular weight excluding hydrogens is 458 g/mol. The molecule has 0 unspecified atom stereocenters. The van der Waals surface area contributed by atoms with Gasteiger partial charge in [-0.2, -0.15) is 8.42 Å². The second-order valence-electron chi connectivity index (χ2n) is 9.32. The van der Waals surface area contributed by atoms with Gasteiger partial charge in [-0.1, -0.05) is 94.6 Å². The van der Waals surface area contributed by atoms with Gasteiger partial charge in [0.25, 0.3) is 10.1 Å². The van der Waals surface area contributed by atoms with Gasteiger partial charge in [-0.25, -0.2) is 0 Å². The molecule has 0 aliphatic heterocycles. The maximum Gasteiger partial charge on any atom is 0.295 e. The van der Waals surface area contributed by atoms with Gasteiger partial charge >= 0.3 is 0 Å². The fraction of sp³-hybridized carbons (Fsp3) is 0.448. The minimum Gasteiger partial charge on any atom is -0.507 e. The van der Waals surface area contributed by atoms with E-state index in [1.165, 1.54) is 92.9 Å². The molecule has 3 rings (SSSR count). The monoisotopic (exact) mass is 500 g/mol. The number of hydrogen-bond donors (Lipinski definition) is 2. The highest BCUT2D eigenvalue weighted by atomic mass is 32.2. The molecule has 0 saturated carbocycles. The number of hydrogen-bond acceptors (Lipinski definition) is 3. The molecule has 0 amide bonds. The minimum atomic E-state index is -4.26. The summed E-state index contributed by atoms with van der Waals surface area (Å²) in [6.07, 6.45) is 8.02. The SMILES string of the molecule is CCCC[N+](CCCC)(CCCC)Cc1ccccc1.O=S(=O)(O)c1ccc(O)c2ccccc12. The van der Waals surface area contributed by atoms with E-state index in [1.807, 2.05) is 0 Å². The van der Waals surface area contributed by atoms with Crippen LogP contribution >= 0.6 is 0 Å². The van der Waals surface area contributed by atoms with E-state index in [9.17, 15) is 13.5 Å². The Hall–Kier alpha value is -2.41. The number of unbranched alkanes of at least 4 members (excludes halogenated alkanes) is 3. The van der Waals surface area contributed by atoms with Gasteiger partial charge < -0.3 is 9.59 Å². The predicted molar refractivity (Wildman–Crippen MR) is 145 cm³/mol. The maximum atomic E-state index is 11.0. The van der Waals surface area contributed by atoms with Gasteiger partial charge in [-0.05, 0) is 31.4 Å². The van der Waals surface area contributed by atoms with Gasteiger partial charge in [-0.3, -0.25) is 4.55 Å². The molecule has 0 aromatic heterocycles. The summed E-state index contributed by atoms with van der Waals surface area (Å²) in [6, 6.07) is 19.9. The molecule has 0 spiro atoms. The van der Waals surface area contributed by atoms with Crippen LogP contribution in [0, 0.1) is 0 Å². The van der Waals surface area contributed by atoms with Crippen LogP contribution in [0.25, 0.3) is 10.8 Å². The number of benzene rings is 3. The second kappa shape index (κ2) is 14.2. The van der Waals surface area contributed by atoms with E-state index in [2.05, 4.69) is 51.1 Å². The number of quaternary nitrogens is 1. The summed E-state index contributed by atoms with van der Waals surface area (Å²) in [5.74, 6) is -0.0157. The smallest absolute Gasteiger partial charge is 0.295 e. The number of rotatable bonds is 12. The number of nitrogens with zero attached hydrogens (tertiary/aromatic N) is 1. The van der Waals surface area contributed by atoms with Crippen LogP contribution in [0.3, 0.4) is 0 Å². The van der Waals surface area contributed by atoms with Crippen molar-refractivity contribution in [1.29, 1.82) is 0 Å². The van der Waals surface area contributed by atoms with E-state index in [0.717, 1.165) is 0 Å². The van der Waals surface area contributed by atoms with Gasteiger partial charge in [0.05, 0.1) is 19.6 Å². The molecule has 3 aromatic rings. The molecule has 0 atom stereocenters. The van der Waals surface area contributed by atoms with Crippen molar-refractivity contribution in [3.05, 3.63) is 72.3 Å². The normalized spacial score (nSPS) is 11.8. The first kappa shape index (κ1) is 28.8. The summed E-state index contributed by atoms with van der Waals surface area (Å²) in [7, 11) is -4.26. The van der Waals surface area contributed by atoms with Crippen molar-refractivity contribution in [2.45, 2.75) is 70.7 Å². The van der Waals surface area contributed by atoms with Crippen LogP contribution in [0.1, 0.15) is 64.9 Å². The average Bonchev–Trinajstić information content (AvgIpc) is 2.85. The zero-order valence-electron chi connectivity index (χ0n) is 21.5. The molecule has 0 saturated heterocycles. The van der Waals surface area contributed by atoms with Crippen LogP contribution in [0.5, 0.6) is 5.75 Å². The lowest BCUT2D eigenvalue weighted by molar-refractivity contribution is -0.941. The van der Waals surface area contributed by atoms with Crippen molar-refractivity contribution in [2.75, 3.05) is 19.6 Å². The fourth-order valence-electron chi connectivity index (χ4n) is 4.50. The van der Waals surface area contributed by atoms with Crippen molar-refractivity contribution >= 4 is 20.9 Å². The molecule has 35 heavy (non-hydrogen) atoms. The third kappa shape index (κ3) is 8.95. The fourth-order valence-corrected chi connectivity index (χ4v) is 5.20. The molecule has 0 aliphatic carbocycles. The van der Waals surface area contributed by atoms with E-state index in [0.29, 0.717) is 10.8 Å². The van der Waals surface area contributed by atoms with Crippen molar-refractivity contribution in [2.24, 2.45) is 0 Å². The van der Waals surface area contributed by atoms with Crippen molar-refractivity contribution in [1.82, 2.24) is 0 Å². The Morgan fingerprint density at radius 2 is 1.17 bits per heavy atom. The van der Waals surface area contributed by atoms with Gasteiger partial charge in [0.2, 0.25) is 0 Å². The Labute approximate surface area is 211 Å². The lowest BCUT2D eigenvalue weighted by Gasteiger charge is -2.39. The summed E-state index contributed by atoms with van der Waals surface area (Å²) in [5.41, 5.74) is 1.51. The Morgan fingerprint density at radius 1 is 0.686 bits per heavy atom. The lowest BCUT2D eigenvalue weighted by atomic mass is 10.1.